The fourth-order valence-corrected chi connectivity index (χ4v) is 4.73. The Kier molecular flexibility index (Phi) is 12.9. The first-order valence-corrected chi connectivity index (χ1v) is 13.2. The van der Waals surface area contributed by atoms with Crippen LogP contribution >= 0.6 is 0 Å². The van der Waals surface area contributed by atoms with Gasteiger partial charge in [-0.3, -0.25) is 33.6 Å². The summed E-state index contributed by atoms with van der Waals surface area (Å²) in [5.41, 5.74) is 0. The molecule has 2 heterocycles. The molecule has 0 unspecified atom stereocenters. The molecule has 2 aliphatic rings. The molecule has 16 nitrogen and oxygen atoms in total. The van der Waals surface area contributed by atoms with Gasteiger partial charge in [-0.25, -0.2) is 0 Å². The van der Waals surface area contributed by atoms with E-state index in [1.54, 1.807) is 0 Å². The van der Waals surface area contributed by atoms with Crippen LogP contribution in [0.5, 0.6) is 0 Å². The molecule has 1 fully saturated rings. The molecule has 0 radical (unpaired) electrons. The third kappa shape index (κ3) is 10.5. The molecule has 0 aromatic carbocycles. The third-order valence-electron chi connectivity index (χ3n) is 6.08. The van der Waals surface area contributed by atoms with E-state index in [2.05, 4.69) is 0 Å². The molecule has 2 rings (SSSR count). The standard InChI is InChI=1S/C27H36O16/c1-12(28)36-10-20-22(38-14(3)30)19(8-9-35-20)23(39-15(4)31)25-27(42-18(7)34)26(41-17(6)33)24(40-16(5)32)21(43-25)11-37-13(2)29/h8-9,19-27H,10-11H2,1-7H3/t19-,20-,21-,22-,23-,24+,25+,26+,27+/m1/s1. The van der Waals surface area contributed by atoms with Crippen LogP contribution in [0, 0.1) is 5.92 Å². The minimum atomic E-state index is -1.58. The van der Waals surface area contributed by atoms with Crippen LogP contribution < -0.4 is 0 Å². The van der Waals surface area contributed by atoms with Crippen LogP contribution in [0.15, 0.2) is 12.3 Å². The topological polar surface area (TPSA) is 203 Å². The van der Waals surface area contributed by atoms with E-state index < -0.39 is 103 Å². The highest BCUT2D eigenvalue weighted by Crippen LogP contribution is 2.37. The van der Waals surface area contributed by atoms with Crippen LogP contribution in [0.3, 0.4) is 0 Å². The van der Waals surface area contributed by atoms with Crippen LogP contribution in [0.2, 0.25) is 0 Å². The SMILES string of the molecule is CC(=O)OC[C@H]1OC=C[C@@H]([C@@H](OC(C)=O)[C@@H]2O[C@H](COC(C)=O)[C@H](OC(C)=O)[C@H](OC(C)=O)[C@H]2OC(C)=O)[C@H]1OC(C)=O. The molecule has 0 aliphatic carbocycles. The van der Waals surface area contributed by atoms with Crippen molar-refractivity contribution in [2.24, 2.45) is 5.92 Å². The Morgan fingerprint density at radius 2 is 1.05 bits per heavy atom. The Hall–Kier alpha value is -4.21. The molecule has 0 saturated carbocycles. The predicted octanol–water partition coefficient (Wildman–Crippen LogP) is 0.0672. The van der Waals surface area contributed by atoms with Crippen LogP contribution in [0.25, 0.3) is 0 Å². The first kappa shape index (κ1) is 35.0. The first-order valence-electron chi connectivity index (χ1n) is 13.2. The van der Waals surface area contributed by atoms with Gasteiger partial charge in [0.25, 0.3) is 0 Å². The van der Waals surface area contributed by atoms with Crippen molar-refractivity contribution in [3.05, 3.63) is 12.3 Å². The average Bonchev–Trinajstić information content (AvgIpc) is 2.86. The van der Waals surface area contributed by atoms with Crippen molar-refractivity contribution < 1.29 is 76.2 Å². The number of carbonyl (C=O) groups excluding carboxylic acids is 7. The van der Waals surface area contributed by atoms with E-state index in [1.807, 2.05) is 0 Å². The van der Waals surface area contributed by atoms with Crippen LogP contribution in [0.1, 0.15) is 48.5 Å². The molecule has 0 amide bonds. The minimum absolute atomic E-state index is 0.362. The van der Waals surface area contributed by atoms with Crippen molar-refractivity contribution in [3.8, 4) is 0 Å². The van der Waals surface area contributed by atoms with Gasteiger partial charge in [-0.05, 0) is 6.08 Å². The third-order valence-corrected chi connectivity index (χ3v) is 6.08. The van der Waals surface area contributed by atoms with E-state index in [-0.39, 0.29) is 6.61 Å². The van der Waals surface area contributed by atoms with Crippen molar-refractivity contribution in [1.29, 1.82) is 0 Å². The Morgan fingerprint density at radius 1 is 0.581 bits per heavy atom. The van der Waals surface area contributed by atoms with Gasteiger partial charge < -0.3 is 42.6 Å². The molecular weight excluding hydrogens is 580 g/mol. The average molecular weight is 617 g/mol. The molecule has 9 atom stereocenters. The van der Waals surface area contributed by atoms with Crippen LogP contribution in [0.4, 0.5) is 0 Å². The summed E-state index contributed by atoms with van der Waals surface area (Å²) in [5, 5.41) is 0. The predicted molar refractivity (Wildman–Crippen MR) is 137 cm³/mol. The summed E-state index contributed by atoms with van der Waals surface area (Å²) in [6, 6.07) is 0. The molecule has 0 aromatic heterocycles. The molecule has 43 heavy (non-hydrogen) atoms. The van der Waals surface area contributed by atoms with Gasteiger partial charge in [-0.1, -0.05) is 0 Å². The molecule has 0 aromatic rings. The van der Waals surface area contributed by atoms with Gasteiger partial charge in [0.1, 0.15) is 31.5 Å². The van der Waals surface area contributed by atoms with Crippen molar-refractivity contribution in [3.63, 3.8) is 0 Å². The molecule has 2 aliphatic heterocycles. The number of ether oxygens (including phenoxy) is 9. The van der Waals surface area contributed by atoms with Gasteiger partial charge in [-0.15, -0.1) is 0 Å². The summed E-state index contributed by atoms with van der Waals surface area (Å²) in [6.45, 7) is 6.78. The maximum atomic E-state index is 12.4. The van der Waals surface area contributed by atoms with E-state index in [0.29, 0.717) is 0 Å². The molecule has 240 valence electrons. The monoisotopic (exact) mass is 616 g/mol. The van der Waals surface area contributed by atoms with Crippen LogP contribution in [-0.4, -0.2) is 104 Å². The van der Waals surface area contributed by atoms with E-state index in [1.165, 1.54) is 12.3 Å². The zero-order valence-corrected chi connectivity index (χ0v) is 24.8. The summed E-state index contributed by atoms with van der Waals surface area (Å²) in [7, 11) is 0. The zero-order valence-electron chi connectivity index (χ0n) is 24.8. The van der Waals surface area contributed by atoms with Gasteiger partial charge in [-0.2, -0.15) is 0 Å². The van der Waals surface area contributed by atoms with Crippen molar-refractivity contribution >= 4 is 41.8 Å². The quantitative estimate of drug-likeness (QED) is 0.222. The highest BCUT2D eigenvalue weighted by atomic mass is 16.7. The summed E-state index contributed by atoms with van der Waals surface area (Å²) < 4.78 is 49.4. The van der Waals surface area contributed by atoms with Gasteiger partial charge in [0.15, 0.2) is 30.5 Å². The van der Waals surface area contributed by atoms with Crippen molar-refractivity contribution in [2.45, 2.75) is 97.3 Å². The second-order valence-corrected chi connectivity index (χ2v) is 9.69. The molecule has 0 bridgehead atoms. The number of rotatable bonds is 11. The Bertz CT molecular complexity index is 1100. The molecule has 0 N–H and O–H groups in total. The van der Waals surface area contributed by atoms with Crippen molar-refractivity contribution in [2.75, 3.05) is 13.2 Å². The van der Waals surface area contributed by atoms with Crippen molar-refractivity contribution in [1.82, 2.24) is 0 Å². The fraction of sp³-hybridized carbons (Fsp3) is 0.667. The maximum Gasteiger partial charge on any atom is 0.303 e. The lowest BCUT2D eigenvalue weighted by molar-refractivity contribution is -0.273. The number of hydrogen-bond donors (Lipinski definition) is 0. The zero-order chi connectivity index (χ0) is 32.4. The largest absolute Gasteiger partial charge is 0.491 e. The highest BCUT2D eigenvalue weighted by Gasteiger charge is 2.57. The second kappa shape index (κ2) is 15.9. The van der Waals surface area contributed by atoms with Gasteiger partial charge >= 0.3 is 41.8 Å². The fourth-order valence-electron chi connectivity index (χ4n) is 4.73. The first-order chi connectivity index (χ1) is 20.1. The maximum absolute atomic E-state index is 12.4. The summed E-state index contributed by atoms with van der Waals surface area (Å²) in [6.07, 6.45) is -8.62. The number of esters is 7. The van der Waals surface area contributed by atoms with E-state index in [4.69, 9.17) is 42.6 Å². The molecule has 0 spiro atoms. The lowest BCUT2D eigenvalue weighted by Crippen LogP contribution is -2.67. The van der Waals surface area contributed by atoms with Gasteiger partial charge in [0, 0.05) is 48.5 Å². The summed E-state index contributed by atoms with van der Waals surface area (Å²) in [5.74, 6) is -6.62. The summed E-state index contributed by atoms with van der Waals surface area (Å²) >= 11 is 0. The molecule has 1 saturated heterocycles. The highest BCUT2D eigenvalue weighted by molar-refractivity contribution is 5.69. The number of hydrogen-bond acceptors (Lipinski definition) is 16. The van der Waals surface area contributed by atoms with E-state index in [0.717, 1.165) is 48.5 Å². The smallest absolute Gasteiger partial charge is 0.303 e. The number of carbonyl (C=O) groups is 7. The van der Waals surface area contributed by atoms with E-state index >= 15 is 0 Å². The van der Waals surface area contributed by atoms with E-state index in [9.17, 15) is 33.6 Å². The minimum Gasteiger partial charge on any atom is -0.491 e. The Balaban J connectivity index is 2.72. The molecular formula is C27H36O16. The second-order valence-electron chi connectivity index (χ2n) is 9.69. The lowest BCUT2D eigenvalue weighted by Gasteiger charge is -2.48. The molecule has 16 heteroatoms. The van der Waals surface area contributed by atoms with Crippen LogP contribution in [-0.2, 0) is 76.2 Å². The Morgan fingerprint density at radius 3 is 1.53 bits per heavy atom. The van der Waals surface area contributed by atoms with Gasteiger partial charge in [0.2, 0.25) is 0 Å². The lowest BCUT2D eigenvalue weighted by atomic mass is 9.82. The summed E-state index contributed by atoms with van der Waals surface area (Å²) in [4.78, 5) is 84.2. The van der Waals surface area contributed by atoms with Gasteiger partial charge in [0.05, 0.1) is 12.2 Å². The Labute approximate surface area is 247 Å². The normalized spacial score (nSPS) is 28.6.